The van der Waals surface area contributed by atoms with Gasteiger partial charge >= 0.3 is 0 Å². The maximum absolute atomic E-state index is 13.6. The first-order valence-corrected chi connectivity index (χ1v) is 10.3. The minimum absolute atomic E-state index is 0.0307. The zero-order valence-corrected chi connectivity index (χ0v) is 18.2. The van der Waals surface area contributed by atoms with Crippen LogP contribution >= 0.6 is 0 Å². The van der Waals surface area contributed by atoms with Gasteiger partial charge in [-0.25, -0.2) is 9.50 Å². The summed E-state index contributed by atoms with van der Waals surface area (Å²) >= 11 is 0. The summed E-state index contributed by atoms with van der Waals surface area (Å²) in [7, 11) is 0. The SMILES string of the molecule is CC#Cc1noc2nc(C(C)NC(=O)c3c(N)nn4cccnc34)n(-c3ccccc3)c(=O)c12. The highest BCUT2D eigenvalue weighted by Crippen LogP contribution is 2.21. The van der Waals surface area contributed by atoms with Gasteiger partial charge in [0.05, 0.1) is 11.7 Å². The highest BCUT2D eigenvalue weighted by atomic mass is 16.5. The van der Waals surface area contributed by atoms with Crippen molar-refractivity contribution in [2.45, 2.75) is 19.9 Å². The Balaban J connectivity index is 1.64. The van der Waals surface area contributed by atoms with Gasteiger partial charge in [-0.2, -0.15) is 4.98 Å². The van der Waals surface area contributed by atoms with Crippen LogP contribution in [0.15, 0.2) is 58.1 Å². The van der Waals surface area contributed by atoms with Crippen molar-refractivity contribution >= 4 is 28.5 Å². The number of rotatable bonds is 4. The Kier molecular flexibility index (Phi) is 5.03. The second-order valence-corrected chi connectivity index (χ2v) is 7.38. The zero-order valence-electron chi connectivity index (χ0n) is 18.2. The average molecular weight is 454 g/mol. The van der Waals surface area contributed by atoms with Gasteiger partial charge in [0.25, 0.3) is 17.2 Å². The largest absolute Gasteiger partial charge is 0.381 e. The van der Waals surface area contributed by atoms with E-state index in [1.54, 1.807) is 56.6 Å². The lowest BCUT2D eigenvalue weighted by Crippen LogP contribution is -2.33. The fraction of sp³-hybridized carbons (Fsp3) is 0.130. The number of carbonyl (C=O) groups excluding carboxylic acids is 1. The second-order valence-electron chi connectivity index (χ2n) is 7.38. The molecule has 1 amide bonds. The molecule has 5 rings (SSSR count). The van der Waals surface area contributed by atoms with Crippen LogP contribution in [0.4, 0.5) is 5.82 Å². The fourth-order valence-corrected chi connectivity index (χ4v) is 3.70. The molecule has 11 nitrogen and oxygen atoms in total. The number of anilines is 1. The second kappa shape index (κ2) is 8.18. The molecular formula is C23H18N8O3. The van der Waals surface area contributed by atoms with Crippen LogP contribution < -0.4 is 16.6 Å². The van der Waals surface area contributed by atoms with E-state index < -0.39 is 17.5 Å². The average Bonchev–Trinajstić information content (AvgIpc) is 3.39. The number of nitrogens with zero attached hydrogens (tertiary/aromatic N) is 6. The van der Waals surface area contributed by atoms with Crippen molar-refractivity contribution in [2.75, 3.05) is 5.73 Å². The van der Waals surface area contributed by atoms with Crippen molar-refractivity contribution in [1.29, 1.82) is 0 Å². The molecule has 0 radical (unpaired) electrons. The summed E-state index contributed by atoms with van der Waals surface area (Å²) in [5.41, 5.74) is 6.80. The number of carbonyl (C=O) groups is 1. The molecule has 0 aliphatic rings. The van der Waals surface area contributed by atoms with Crippen molar-refractivity contribution in [3.8, 4) is 17.5 Å². The first-order valence-electron chi connectivity index (χ1n) is 10.3. The third kappa shape index (κ3) is 3.34. The molecule has 1 atom stereocenters. The molecular weight excluding hydrogens is 436 g/mol. The number of para-hydroxylation sites is 1. The number of nitrogen functional groups attached to an aromatic ring is 1. The topological polar surface area (TPSA) is 146 Å². The molecule has 1 aromatic carbocycles. The van der Waals surface area contributed by atoms with Crippen LogP contribution in [0.1, 0.15) is 41.8 Å². The maximum atomic E-state index is 13.6. The number of hydrogen-bond donors (Lipinski definition) is 2. The van der Waals surface area contributed by atoms with Crippen LogP contribution in [0.5, 0.6) is 0 Å². The van der Waals surface area contributed by atoms with E-state index in [0.717, 1.165) is 0 Å². The normalized spacial score (nSPS) is 11.8. The van der Waals surface area contributed by atoms with Crippen LogP contribution in [-0.4, -0.2) is 35.2 Å². The van der Waals surface area contributed by atoms with Crippen molar-refractivity contribution in [3.63, 3.8) is 0 Å². The lowest BCUT2D eigenvalue weighted by Gasteiger charge is -2.18. The summed E-state index contributed by atoms with van der Waals surface area (Å²) in [6.45, 7) is 3.33. The molecule has 3 N–H and O–H groups in total. The minimum Gasteiger partial charge on any atom is -0.381 e. The summed E-state index contributed by atoms with van der Waals surface area (Å²) in [4.78, 5) is 35.4. The Morgan fingerprint density at radius 3 is 2.79 bits per heavy atom. The maximum Gasteiger partial charge on any atom is 0.272 e. The molecule has 0 spiro atoms. The van der Waals surface area contributed by atoms with Gasteiger partial charge in [0.2, 0.25) is 0 Å². The molecule has 4 heterocycles. The van der Waals surface area contributed by atoms with Crippen molar-refractivity contribution in [2.24, 2.45) is 0 Å². The number of nitrogens with one attached hydrogen (secondary N) is 1. The Morgan fingerprint density at radius 1 is 1.24 bits per heavy atom. The van der Waals surface area contributed by atoms with E-state index in [4.69, 9.17) is 10.3 Å². The van der Waals surface area contributed by atoms with Crippen molar-refractivity contribution in [3.05, 3.63) is 76.2 Å². The van der Waals surface area contributed by atoms with Gasteiger partial charge < -0.3 is 15.6 Å². The third-order valence-electron chi connectivity index (χ3n) is 5.18. The van der Waals surface area contributed by atoms with Crippen molar-refractivity contribution in [1.82, 2.24) is 34.6 Å². The summed E-state index contributed by atoms with van der Waals surface area (Å²) in [6, 6.07) is 9.90. The summed E-state index contributed by atoms with van der Waals surface area (Å²) in [5.74, 6) is 5.25. The predicted octanol–water partition coefficient (Wildman–Crippen LogP) is 1.86. The molecule has 11 heteroatoms. The summed E-state index contributed by atoms with van der Waals surface area (Å²) < 4.78 is 8.11. The van der Waals surface area contributed by atoms with Gasteiger partial charge in [0, 0.05) is 12.4 Å². The molecule has 4 aromatic heterocycles. The lowest BCUT2D eigenvalue weighted by atomic mass is 10.2. The minimum atomic E-state index is -0.728. The van der Waals surface area contributed by atoms with Crippen LogP contribution in [0.2, 0.25) is 0 Å². The standard InChI is InChI=1S/C23H18N8O3/c1-3-8-15-16-22(34-29-15)27-19(31(23(16)33)14-9-5-4-6-10-14)13(2)26-21(32)17-18(24)28-30-12-7-11-25-20(17)30/h4-7,9-13H,1-2H3,(H2,24,28)(H,26,32). The fourth-order valence-electron chi connectivity index (χ4n) is 3.70. The molecule has 0 fully saturated rings. The van der Waals surface area contributed by atoms with E-state index in [1.165, 1.54) is 9.08 Å². The molecule has 0 aliphatic carbocycles. The quantitative estimate of drug-likeness (QED) is 0.391. The van der Waals surface area contributed by atoms with Gasteiger partial charge in [0.1, 0.15) is 16.8 Å². The number of benzene rings is 1. The smallest absolute Gasteiger partial charge is 0.272 e. The Hall–Kier alpha value is -4.98. The van der Waals surface area contributed by atoms with Gasteiger partial charge in [-0.15, -0.1) is 5.10 Å². The van der Waals surface area contributed by atoms with Gasteiger partial charge in [0.15, 0.2) is 17.2 Å². The van der Waals surface area contributed by atoms with Gasteiger partial charge in [-0.3, -0.25) is 14.2 Å². The molecule has 5 aromatic rings. The number of hydrogen-bond acceptors (Lipinski definition) is 8. The van der Waals surface area contributed by atoms with Gasteiger partial charge in [-0.1, -0.05) is 29.3 Å². The summed E-state index contributed by atoms with van der Waals surface area (Å²) in [6.07, 6.45) is 3.18. The highest BCUT2D eigenvalue weighted by Gasteiger charge is 2.26. The van der Waals surface area contributed by atoms with Crippen molar-refractivity contribution < 1.29 is 9.32 Å². The molecule has 0 saturated carbocycles. The van der Waals surface area contributed by atoms with Crippen LogP contribution in [0, 0.1) is 11.8 Å². The number of amides is 1. The Morgan fingerprint density at radius 2 is 2.03 bits per heavy atom. The Bertz CT molecular complexity index is 1670. The molecule has 0 aliphatic heterocycles. The molecule has 0 saturated heterocycles. The molecule has 168 valence electrons. The van der Waals surface area contributed by atoms with Crippen LogP contribution in [0.25, 0.3) is 22.4 Å². The first-order chi connectivity index (χ1) is 16.5. The van der Waals surface area contributed by atoms with Crippen LogP contribution in [0.3, 0.4) is 0 Å². The molecule has 0 bridgehead atoms. The summed E-state index contributed by atoms with van der Waals surface area (Å²) in [5, 5.41) is 11.0. The number of nitrogens with two attached hydrogens (primary N) is 1. The zero-order chi connectivity index (χ0) is 23.8. The monoisotopic (exact) mass is 454 g/mol. The van der Waals surface area contributed by atoms with E-state index in [1.807, 2.05) is 6.07 Å². The molecule has 1 unspecified atom stereocenters. The Labute approximate surface area is 192 Å². The van der Waals surface area contributed by atoms with Gasteiger partial charge in [-0.05, 0) is 38.0 Å². The first kappa shape index (κ1) is 20.9. The van der Waals surface area contributed by atoms with E-state index in [-0.39, 0.29) is 34.0 Å². The van der Waals surface area contributed by atoms with E-state index in [0.29, 0.717) is 11.3 Å². The van der Waals surface area contributed by atoms with E-state index in [9.17, 15) is 9.59 Å². The predicted molar refractivity (Wildman–Crippen MR) is 123 cm³/mol. The number of fused-ring (bicyclic) bond motifs is 2. The highest BCUT2D eigenvalue weighted by molar-refractivity contribution is 6.04. The third-order valence-corrected chi connectivity index (χ3v) is 5.18. The van der Waals surface area contributed by atoms with E-state index >= 15 is 0 Å². The molecule has 34 heavy (non-hydrogen) atoms. The lowest BCUT2D eigenvalue weighted by molar-refractivity contribution is 0.0940. The number of aromatic nitrogens is 6. The van der Waals surface area contributed by atoms with E-state index in [2.05, 4.69) is 37.4 Å². The van der Waals surface area contributed by atoms with Crippen LogP contribution in [-0.2, 0) is 0 Å².